The number of likely N-dealkylation sites (N-methyl/N-ethyl adjacent to an activating group) is 1. The smallest absolute Gasteiger partial charge is 0.307 e. The molecule has 3 N–H and O–H groups in total. The van der Waals surface area contributed by atoms with Gasteiger partial charge in [-0.3, -0.25) is 4.79 Å². The van der Waals surface area contributed by atoms with Gasteiger partial charge in [0.05, 0.1) is 31.8 Å². The second kappa shape index (κ2) is 12.5. The number of allylic oxidation sites excluding steroid dienone is 1. The molecule has 4 aliphatic carbocycles. The van der Waals surface area contributed by atoms with Crippen molar-refractivity contribution >= 4 is 11.9 Å². The third kappa shape index (κ3) is 5.03. The predicted molar refractivity (Wildman–Crippen MR) is 196 cm³/mol. The molecule has 0 spiro atoms. The molecule has 1 saturated heterocycles. The maximum atomic E-state index is 13.5. The van der Waals surface area contributed by atoms with Gasteiger partial charge in [0, 0.05) is 16.4 Å². The maximum absolute atomic E-state index is 13.5. The SMILES string of the molecule is CCC(CO[C@H]1[C@H](n2nnc(N)n2)C[C@@]23COC[C@]1(C)[C@@H]2CC[C@H]1C3=CC[C@@]2(C)[C@H](C(=O)O)[C@@](C)([C@H](C)C(C)C)CC[C@]12C)(C(C)C)N(C)C. The predicted octanol–water partition coefficient (Wildman–Crippen LogP) is 7.14. The first-order valence-corrected chi connectivity index (χ1v) is 19.6. The van der Waals surface area contributed by atoms with Gasteiger partial charge in [0.15, 0.2) is 0 Å². The molecule has 282 valence electrons. The molecule has 1 aromatic rings. The van der Waals surface area contributed by atoms with E-state index in [0.717, 1.165) is 44.9 Å². The number of hydrogen-bond donors (Lipinski definition) is 2. The lowest BCUT2D eigenvalue weighted by Crippen LogP contribution is -2.69. The van der Waals surface area contributed by atoms with Crippen LogP contribution in [-0.4, -0.2) is 81.7 Å². The van der Waals surface area contributed by atoms with Crippen LogP contribution < -0.4 is 5.73 Å². The molecular formula is C40H68N6O4. The number of hydrogen-bond acceptors (Lipinski definition) is 8. The minimum Gasteiger partial charge on any atom is -0.481 e. The molecule has 0 amide bonds. The monoisotopic (exact) mass is 697 g/mol. The largest absolute Gasteiger partial charge is 0.481 e. The van der Waals surface area contributed by atoms with E-state index in [4.69, 9.17) is 15.2 Å². The quantitative estimate of drug-likeness (QED) is 0.245. The normalized spacial score (nSPS) is 43.1. The van der Waals surface area contributed by atoms with E-state index in [1.165, 1.54) is 5.57 Å². The Kier molecular flexibility index (Phi) is 9.45. The number of carboxylic acids is 1. The molecule has 3 saturated carbocycles. The van der Waals surface area contributed by atoms with Crippen LogP contribution in [0.3, 0.4) is 0 Å². The van der Waals surface area contributed by atoms with Gasteiger partial charge in [0.1, 0.15) is 6.04 Å². The fraction of sp³-hybridized carbons (Fsp3) is 0.900. The summed E-state index contributed by atoms with van der Waals surface area (Å²) in [5.41, 5.74) is 6.22. The van der Waals surface area contributed by atoms with Crippen molar-refractivity contribution in [2.45, 2.75) is 132 Å². The summed E-state index contributed by atoms with van der Waals surface area (Å²) in [6, 6.07) is -0.164. The maximum Gasteiger partial charge on any atom is 0.307 e. The van der Waals surface area contributed by atoms with Gasteiger partial charge >= 0.3 is 5.97 Å². The number of tetrazole rings is 1. The minimum atomic E-state index is -0.624. The highest BCUT2D eigenvalue weighted by atomic mass is 16.5. The van der Waals surface area contributed by atoms with Crippen LogP contribution in [0.2, 0.25) is 0 Å². The lowest BCUT2D eigenvalue weighted by atomic mass is 9.34. The third-order valence-electron chi connectivity index (χ3n) is 16.9. The van der Waals surface area contributed by atoms with Gasteiger partial charge in [0.25, 0.3) is 5.95 Å². The fourth-order valence-corrected chi connectivity index (χ4v) is 13.4. The second-order valence-electron chi connectivity index (χ2n) is 19.3. The summed E-state index contributed by atoms with van der Waals surface area (Å²) in [5, 5.41) is 24.4. The number of anilines is 1. The van der Waals surface area contributed by atoms with Crippen molar-refractivity contribution in [3.63, 3.8) is 0 Å². The number of nitrogen functional groups attached to an aromatic ring is 1. The molecule has 2 bridgehead atoms. The van der Waals surface area contributed by atoms with E-state index in [0.29, 0.717) is 49.4 Å². The Labute approximate surface area is 301 Å². The molecule has 10 heteroatoms. The van der Waals surface area contributed by atoms with Crippen molar-refractivity contribution in [1.82, 2.24) is 25.1 Å². The molecule has 50 heavy (non-hydrogen) atoms. The molecule has 10 nitrogen and oxygen atoms in total. The van der Waals surface area contributed by atoms with Gasteiger partial charge in [-0.2, -0.15) is 4.80 Å². The molecule has 1 unspecified atom stereocenters. The van der Waals surface area contributed by atoms with E-state index >= 15 is 0 Å². The Bertz CT molecular complexity index is 1470. The Balaban J connectivity index is 1.44. The Morgan fingerprint density at radius 1 is 1.12 bits per heavy atom. The van der Waals surface area contributed by atoms with Gasteiger partial charge in [-0.05, 0) is 110 Å². The number of carboxylic acid groups (broad SMARTS) is 1. The number of aliphatic carboxylic acids is 1. The summed E-state index contributed by atoms with van der Waals surface area (Å²) in [5.74, 6) is 0.918. The lowest BCUT2D eigenvalue weighted by Gasteiger charge is -2.71. The van der Waals surface area contributed by atoms with E-state index in [1.54, 1.807) is 4.80 Å². The van der Waals surface area contributed by atoms with Crippen LogP contribution in [0.25, 0.3) is 0 Å². The van der Waals surface area contributed by atoms with Crippen molar-refractivity contribution in [2.24, 2.45) is 62.6 Å². The number of ether oxygens (including phenoxy) is 2. The molecule has 5 aliphatic rings. The third-order valence-corrected chi connectivity index (χ3v) is 16.9. The van der Waals surface area contributed by atoms with Gasteiger partial charge in [-0.25, -0.2) is 0 Å². The Morgan fingerprint density at radius 3 is 2.38 bits per heavy atom. The summed E-state index contributed by atoms with van der Waals surface area (Å²) in [6.07, 6.45) is 8.96. The summed E-state index contributed by atoms with van der Waals surface area (Å²) < 4.78 is 14.0. The molecule has 0 radical (unpaired) electrons. The van der Waals surface area contributed by atoms with E-state index < -0.39 is 11.9 Å². The average molecular weight is 697 g/mol. The Morgan fingerprint density at radius 2 is 1.82 bits per heavy atom. The molecule has 1 aromatic heterocycles. The van der Waals surface area contributed by atoms with Crippen molar-refractivity contribution in [3.05, 3.63) is 11.6 Å². The average Bonchev–Trinajstić information content (AvgIpc) is 3.47. The zero-order valence-corrected chi connectivity index (χ0v) is 33.3. The van der Waals surface area contributed by atoms with Crippen molar-refractivity contribution in [2.75, 3.05) is 39.6 Å². The molecular weight excluding hydrogens is 628 g/mol. The molecule has 1 aliphatic heterocycles. The second-order valence-corrected chi connectivity index (χ2v) is 19.3. The van der Waals surface area contributed by atoms with Crippen LogP contribution >= 0.6 is 0 Å². The number of aromatic nitrogens is 4. The molecule has 4 fully saturated rings. The van der Waals surface area contributed by atoms with Crippen molar-refractivity contribution in [1.29, 1.82) is 0 Å². The summed E-state index contributed by atoms with van der Waals surface area (Å²) in [6.45, 7) is 24.9. The summed E-state index contributed by atoms with van der Waals surface area (Å²) in [7, 11) is 4.33. The first kappa shape index (κ1) is 37.7. The van der Waals surface area contributed by atoms with Crippen LogP contribution in [0.1, 0.15) is 120 Å². The minimum absolute atomic E-state index is 0.119. The highest BCUT2D eigenvalue weighted by Crippen LogP contribution is 2.75. The van der Waals surface area contributed by atoms with Crippen LogP contribution in [0.4, 0.5) is 5.95 Å². The fourth-order valence-electron chi connectivity index (χ4n) is 13.4. The molecule has 12 atom stereocenters. The first-order valence-electron chi connectivity index (χ1n) is 19.6. The van der Waals surface area contributed by atoms with Crippen molar-refractivity contribution < 1.29 is 19.4 Å². The van der Waals surface area contributed by atoms with Crippen LogP contribution in [0.15, 0.2) is 11.6 Å². The topological polar surface area (TPSA) is 129 Å². The van der Waals surface area contributed by atoms with Crippen molar-refractivity contribution in [3.8, 4) is 0 Å². The van der Waals surface area contributed by atoms with Gasteiger partial charge in [0.2, 0.25) is 0 Å². The first-order chi connectivity index (χ1) is 23.3. The summed E-state index contributed by atoms with van der Waals surface area (Å²) >= 11 is 0. The highest BCUT2D eigenvalue weighted by Gasteiger charge is 2.72. The Hall–Kier alpha value is -2.04. The zero-order chi connectivity index (χ0) is 36.8. The van der Waals surface area contributed by atoms with Gasteiger partial charge in [-0.1, -0.05) is 86.0 Å². The standard InChI is InChI=1S/C40H68N6O4/c1-13-40(25(4)5,45(11)12)23-50-32-29(46-43-34(41)42-44-46)20-39-22-49-21-36(32,8)30(39)15-14-27-28(39)16-17-38(10)31(33(47)48)35(7,26(6)24(2)3)18-19-37(27,38)9/h16,24-27,29-32H,13-15,17-23H2,1-12H3,(H2,41,43)(H,47,48)/t26-,27+,29-,30+,31-,32+,35-,36-,37-,38+,39+,40?/m1/s1. The van der Waals surface area contributed by atoms with Gasteiger partial charge < -0.3 is 25.2 Å². The van der Waals surface area contributed by atoms with E-state index in [9.17, 15) is 9.90 Å². The van der Waals surface area contributed by atoms with Crippen LogP contribution in [0.5, 0.6) is 0 Å². The van der Waals surface area contributed by atoms with E-state index in [2.05, 4.69) is 110 Å². The lowest BCUT2D eigenvalue weighted by molar-refractivity contribution is -0.256. The van der Waals surface area contributed by atoms with Crippen LogP contribution in [0, 0.1) is 62.6 Å². The zero-order valence-electron chi connectivity index (χ0n) is 33.3. The number of rotatable bonds is 10. The van der Waals surface area contributed by atoms with E-state index in [1.807, 2.05) is 0 Å². The number of nitrogens with two attached hydrogens (primary N) is 1. The molecule has 6 rings (SSSR count). The molecule has 2 heterocycles. The summed E-state index contributed by atoms with van der Waals surface area (Å²) in [4.78, 5) is 17.6. The van der Waals surface area contributed by atoms with Gasteiger partial charge in [-0.15, -0.1) is 5.10 Å². The number of fused-ring (bicyclic) bond motifs is 3. The van der Waals surface area contributed by atoms with Crippen LogP contribution in [-0.2, 0) is 14.3 Å². The number of carbonyl (C=O) groups is 1. The highest BCUT2D eigenvalue weighted by molar-refractivity contribution is 5.73. The number of nitrogens with zero attached hydrogens (tertiary/aromatic N) is 5. The molecule has 0 aromatic carbocycles. The van der Waals surface area contributed by atoms with E-state index in [-0.39, 0.29) is 50.7 Å².